The normalized spacial score (nSPS) is 19.7. The van der Waals surface area contributed by atoms with Gasteiger partial charge in [-0.2, -0.15) is 0 Å². The molecule has 4 heteroatoms. The van der Waals surface area contributed by atoms with Crippen LogP contribution < -0.4 is 11.1 Å². The van der Waals surface area contributed by atoms with E-state index in [1.807, 2.05) is 17.0 Å². The van der Waals surface area contributed by atoms with E-state index in [0.29, 0.717) is 6.54 Å². The maximum absolute atomic E-state index is 11.2. The zero-order valence-corrected chi connectivity index (χ0v) is 8.99. The van der Waals surface area contributed by atoms with Crippen LogP contribution in [0.25, 0.3) is 0 Å². The molecule has 1 aromatic heterocycles. The van der Waals surface area contributed by atoms with Crippen molar-refractivity contribution in [3.63, 3.8) is 0 Å². The lowest BCUT2D eigenvalue weighted by molar-refractivity contribution is -0.121. The Kier molecular flexibility index (Phi) is 2.77. The average molecular weight is 207 g/mol. The van der Waals surface area contributed by atoms with E-state index in [1.165, 1.54) is 11.1 Å². The van der Waals surface area contributed by atoms with Crippen molar-refractivity contribution in [3.05, 3.63) is 23.5 Å². The van der Waals surface area contributed by atoms with Crippen molar-refractivity contribution in [3.8, 4) is 0 Å². The SMILES string of the molecule is CNC(=O)Cn1cc2c(c1)C(N)CCC2. The maximum atomic E-state index is 11.2. The van der Waals surface area contributed by atoms with Crippen LogP contribution in [0.3, 0.4) is 0 Å². The van der Waals surface area contributed by atoms with E-state index < -0.39 is 0 Å². The smallest absolute Gasteiger partial charge is 0.239 e. The molecule has 1 aliphatic rings. The number of likely N-dealkylation sites (N-methyl/N-ethyl adjacent to an activating group) is 1. The van der Waals surface area contributed by atoms with E-state index >= 15 is 0 Å². The van der Waals surface area contributed by atoms with Gasteiger partial charge < -0.3 is 15.6 Å². The van der Waals surface area contributed by atoms with Crippen molar-refractivity contribution in [2.24, 2.45) is 5.73 Å². The van der Waals surface area contributed by atoms with Gasteiger partial charge in [0.05, 0.1) is 0 Å². The molecule has 2 rings (SSSR count). The van der Waals surface area contributed by atoms with E-state index in [9.17, 15) is 4.79 Å². The number of nitrogens with zero attached hydrogens (tertiary/aromatic N) is 1. The molecule has 1 aromatic rings. The molecule has 1 heterocycles. The molecule has 15 heavy (non-hydrogen) atoms. The zero-order valence-electron chi connectivity index (χ0n) is 8.99. The highest BCUT2D eigenvalue weighted by molar-refractivity contribution is 5.75. The standard InChI is InChI=1S/C11H17N3O/c1-13-11(15)7-14-5-8-3-2-4-10(12)9(8)6-14/h5-6,10H,2-4,7,12H2,1H3,(H,13,15). The highest BCUT2D eigenvalue weighted by Gasteiger charge is 2.18. The van der Waals surface area contributed by atoms with Gasteiger partial charge in [-0.1, -0.05) is 0 Å². The van der Waals surface area contributed by atoms with Crippen LogP contribution in [0.5, 0.6) is 0 Å². The fraction of sp³-hybridized carbons (Fsp3) is 0.545. The summed E-state index contributed by atoms with van der Waals surface area (Å²) in [5.41, 5.74) is 8.53. The van der Waals surface area contributed by atoms with Crippen molar-refractivity contribution < 1.29 is 4.79 Å². The Morgan fingerprint density at radius 3 is 3.13 bits per heavy atom. The van der Waals surface area contributed by atoms with Crippen LogP contribution in [0.4, 0.5) is 0 Å². The molecular formula is C11H17N3O. The van der Waals surface area contributed by atoms with Crippen LogP contribution >= 0.6 is 0 Å². The molecule has 4 nitrogen and oxygen atoms in total. The predicted molar refractivity (Wildman–Crippen MR) is 58.4 cm³/mol. The highest BCUT2D eigenvalue weighted by Crippen LogP contribution is 2.28. The highest BCUT2D eigenvalue weighted by atomic mass is 16.1. The third-order valence-electron chi connectivity index (χ3n) is 2.96. The molecule has 3 N–H and O–H groups in total. The Labute approximate surface area is 89.5 Å². The second-order valence-electron chi connectivity index (χ2n) is 4.08. The summed E-state index contributed by atoms with van der Waals surface area (Å²) in [6, 6.07) is 0.152. The Morgan fingerprint density at radius 2 is 2.47 bits per heavy atom. The number of carbonyl (C=O) groups is 1. The molecular weight excluding hydrogens is 190 g/mol. The number of fused-ring (bicyclic) bond motifs is 1. The van der Waals surface area contributed by atoms with Crippen molar-refractivity contribution in [1.29, 1.82) is 0 Å². The summed E-state index contributed by atoms with van der Waals surface area (Å²) in [4.78, 5) is 11.2. The summed E-state index contributed by atoms with van der Waals surface area (Å²) in [7, 11) is 1.65. The number of aryl methyl sites for hydroxylation is 1. The van der Waals surface area contributed by atoms with Crippen LogP contribution in [-0.4, -0.2) is 17.5 Å². The van der Waals surface area contributed by atoms with Gasteiger partial charge in [0.1, 0.15) is 6.54 Å². The first kappa shape index (κ1) is 10.2. The summed E-state index contributed by atoms with van der Waals surface area (Å²) in [6.07, 6.45) is 7.34. The summed E-state index contributed by atoms with van der Waals surface area (Å²) in [5, 5.41) is 2.61. The van der Waals surface area contributed by atoms with E-state index in [-0.39, 0.29) is 11.9 Å². The van der Waals surface area contributed by atoms with Crippen LogP contribution in [0.2, 0.25) is 0 Å². The molecule has 1 atom stereocenters. The van der Waals surface area contributed by atoms with Gasteiger partial charge in [0.15, 0.2) is 0 Å². The van der Waals surface area contributed by atoms with Gasteiger partial charge >= 0.3 is 0 Å². The Balaban J connectivity index is 2.18. The number of nitrogens with two attached hydrogens (primary N) is 1. The molecule has 0 saturated heterocycles. The van der Waals surface area contributed by atoms with E-state index in [0.717, 1.165) is 19.3 Å². The lowest BCUT2D eigenvalue weighted by Crippen LogP contribution is -2.22. The summed E-state index contributed by atoms with van der Waals surface area (Å²) < 4.78 is 1.93. The molecule has 1 aliphatic carbocycles. The maximum Gasteiger partial charge on any atom is 0.239 e. The topological polar surface area (TPSA) is 60.0 Å². The lowest BCUT2D eigenvalue weighted by atomic mass is 9.92. The quantitative estimate of drug-likeness (QED) is 0.745. The molecule has 0 aliphatic heterocycles. The second-order valence-corrected chi connectivity index (χ2v) is 4.08. The van der Waals surface area contributed by atoms with E-state index in [4.69, 9.17) is 5.73 Å². The fourth-order valence-electron chi connectivity index (χ4n) is 2.12. The number of hydrogen-bond donors (Lipinski definition) is 2. The van der Waals surface area contributed by atoms with E-state index in [2.05, 4.69) is 5.32 Å². The molecule has 0 bridgehead atoms. The number of amides is 1. The van der Waals surface area contributed by atoms with Crippen molar-refractivity contribution in [1.82, 2.24) is 9.88 Å². The first-order valence-corrected chi connectivity index (χ1v) is 5.35. The van der Waals surface area contributed by atoms with Crippen molar-refractivity contribution in [2.45, 2.75) is 31.8 Å². The number of rotatable bonds is 2. The van der Waals surface area contributed by atoms with Gasteiger partial charge in [0.2, 0.25) is 5.91 Å². The zero-order chi connectivity index (χ0) is 10.8. The second kappa shape index (κ2) is 4.06. The molecule has 1 unspecified atom stereocenters. The summed E-state index contributed by atoms with van der Waals surface area (Å²) >= 11 is 0. The summed E-state index contributed by atoms with van der Waals surface area (Å²) in [6.45, 7) is 0.385. The number of hydrogen-bond acceptors (Lipinski definition) is 2. The van der Waals surface area contributed by atoms with E-state index in [1.54, 1.807) is 7.05 Å². The summed E-state index contributed by atoms with van der Waals surface area (Å²) in [5.74, 6) is 0.0240. The minimum atomic E-state index is 0.0240. The minimum absolute atomic E-state index is 0.0240. The first-order valence-electron chi connectivity index (χ1n) is 5.35. The predicted octanol–water partition coefficient (Wildman–Crippen LogP) is 0.570. The fourth-order valence-corrected chi connectivity index (χ4v) is 2.12. The molecule has 0 fully saturated rings. The molecule has 82 valence electrons. The number of nitrogens with one attached hydrogen (secondary N) is 1. The van der Waals surface area contributed by atoms with Crippen LogP contribution in [0.1, 0.15) is 30.0 Å². The third-order valence-corrected chi connectivity index (χ3v) is 2.96. The molecule has 0 aromatic carbocycles. The van der Waals surface area contributed by atoms with Gasteiger partial charge in [0.25, 0.3) is 0 Å². The Morgan fingerprint density at radius 1 is 1.67 bits per heavy atom. The monoisotopic (exact) mass is 207 g/mol. The van der Waals surface area contributed by atoms with Gasteiger partial charge in [-0.15, -0.1) is 0 Å². The van der Waals surface area contributed by atoms with Crippen LogP contribution in [-0.2, 0) is 17.8 Å². The number of carbonyl (C=O) groups excluding carboxylic acids is 1. The van der Waals surface area contributed by atoms with Gasteiger partial charge in [-0.05, 0) is 30.4 Å². The minimum Gasteiger partial charge on any atom is -0.358 e. The molecule has 1 amide bonds. The molecule has 0 saturated carbocycles. The first-order chi connectivity index (χ1) is 7.20. The molecule has 0 spiro atoms. The molecule has 0 radical (unpaired) electrons. The van der Waals surface area contributed by atoms with Crippen molar-refractivity contribution in [2.75, 3.05) is 7.05 Å². The van der Waals surface area contributed by atoms with Crippen molar-refractivity contribution >= 4 is 5.91 Å². The van der Waals surface area contributed by atoms with Gasteiger partial charge in [-0.3, -0.25) is 4.79 Å². The van der Waals surface area contributed by atoms with Crippen LogP contribution in [0, 0.1) is 0 Å². The Bertz CT molecular complexity index is 370. The number of aromatic nitrogens is 1. The largest absolute Gasteiger partial charge is 0.358 e. The van der Waals surface area contributed by atoms with Gasteiger partial charge in [0, 0.05) is 25.5 Å². The van der Waals surface area contributed by atoms with Gasteiger partial charge in [-0.25, -0.2) is 0 Å². The average Bonchev–Trinajstić information content (AvgIpc) is 2.62. The van der Waals surface area contributed by atoms with Crippen LogP contribution in [0.15, 0.2) is 12.4 Å². The third kappa shape index (κ3) is 2.04. The Hall–Kier alpha value is -1.29. The lowest BCUT2D eigenvalue weighted by Gasteiger charge is -2.17.